The second-order valence-electron chi connectivity index (χ2n) is 3.15. The van der Waals surface area contributed by atoms with Gasteiger partial charge in [-0.2, -0.15) is 0 Å². The fraction of sp³-hybridized carbons (Fsp3) is 1.00. The predicted octanol–water partition coefficient (Wildman–Crippen LogP) is 1.87. The first kappa shape index (κ1) is 12.1. The Morgan fingerprint density at radius 3 is 2.25 bits per heavy atom. The van der Waals surface area contributed by atoms with Gasteiger partial charge in [0, 0.05) is 0 Å². The van der Waals surface area contributed by atoms with Crippen LogP contribution in [0.25, 0.3) is 0 Å². The highest BCUT2D eigenvalue weighted by Crippen LogP contribution is 2.47. The lowest BCUT2D eigenvalue weighted by molar-refractivity contribution is -0.224. The monoisotopic (exact) mass is 198 g/mol. The summed E-state index contributed by atoms with van der Waals surface area (Å²) in [5.41, 5.74) is -0.735. The molecule has 0 aliphatic rings. The van der Waals surface area contributed by atoms with E-state index in [1.807, 2.05) is 0 Å². The SMILES string of the molecule is CCOOP(=O)(O)OC(C)(C)C. The van der Waals surface area contributed by atoms with Crippen LogP contribution < -0.4 is 0 Å². The zero-order valence-electron chi connectivity index (χ0n) is 7.73. The molecule has 0 amide bonds. The van der Waals surface area contributed by atoms with Crippen molar-refractivity contribution in [2.24, 2.45) is 0 Å². The molecule has 5 nitrogen and oxygen atoms in total. The lowest BCUT2D eigenvalue weighted by Gasteiger charge is -2.21. The van der Waals surface area contributed by atoms with Crippen molar-refractivity contribution in [1.29, 1.82) is 0 Å². The fourth-order valence-electron chi connectivity index (χ4n) is 0.481. The third kappa shape index (κ3) is 6.76. The Kier molecular flexibility index (Phi) is 4.37. The quantitative estimate of drug-likeness (QED) is 0.424. The van der Waals surface area contributed by atoms with Crippen LogP contribution in [0.2, 0.25) is 0 Å². The summed E-state index contributed by atoms with van der Waals surface area (Å²) in [6, 6.07) is 0. The van der Waals surface area contributed by atoms with E-state index in [2.05, 4.69) is 9.56 Å². The summed E-state index contributed by atoms with van der Waals surface area (Å²) in [5, 5.41) is 0. The zero-order chi connectivity index (χ0) is 9.83. The third-order valence-electron chi connectivity index (χ3n) is 0.654. The molecule has 1 atom stereocenters. The van der Waals surface area contributed by atoms with Gasteiger partial charge in [0.1, 0.15) is 0 Å². The minimum Gasteiger partial charge on any atom is -0.301 e. The van der Waals surface area contributed by atoms with Crippen molar-refractivity contribution in [2.45, 2.75) is 33.3 Å². The van der Waals surface area contributed by atoms with E-state index >= 15 is 0 Å². The van der Waals surface area contributed by atoms with Crippen molar-refractivity contribution in [3.05, 3.63) is 0 Å². The summed E-state index contributed by atoms with van der Waals surface area (Å²) >= 11 is 0. The van der Waals surface area contributed by atoms with Gasteiger partial charge in [-0.3, -0.25) is 4.52 Å². The molecular weight excluding hydrogens is 183 g/mol. The van der Waals surface area contributed by atoms with E-state index in [9.17, 15) is 4.57 Å². The Morgan fingerprint density at radius 2 is 1.92 bits per heavy atom. The zero-order valence-corrected chi connectivity index (χ0v) is 8.63. The molecule has 0 aliphatic carbocycles. The van der Waals surface area contributed by atoms with Gasteiger partial charge in [-0.25, -0.2) is 9.45 Å². The lowest BCUT2D eigenvalue weighted by Crippen LogP contribution is -2.18. The molecule has 0 aromatic carbocycles. The Bertz CT molecular complexity index is 173. The number of phosphoric acid groups is 1. The summed E-state index contributed by atoms with van der Waals surface area (Å²) in [5.74, 6) is 0. The molecule has 0 radical (unpaired) electrons. The second-order valence-corrected chi connectivity index (χ2v) is 4.42. The summed E-state index contributed by atoms with van der Waals surface area (Å²) in [4.78, 5) is 13.3. The molecule has 6 heteroatoms. The number of hydrogen-bond donors (Lipinski definition) is 1. The van der Waals surface area contributed by atoms with E-state index in [0.29, 0.717) is 0 Å². The van der Waals surface area contributed by atoms with Crippen LogP contribution in [0, 0.1) is 0 Å². The van der Waals surface area contributed by atoms with E-state index in [0.717, 1.165) is 0 Å². The van der Waals surface area contributed by atoms with Crippen molar-refractivity contribution >= 4 is 7.82 Å². The first-order chi connectivity index (χ1) is 5.27. The first-order valence-electron chi connectivity index (χ1n) is 3.61. The highest BCUT2D eigenvalue weighted by Gasteiger charge is 2.29. The largest absolute Gasteiger partial charge is 0.500 e. The first-order valence-corrected chi connectivity index (χ1v) is 5.11. The molecule has 0 rings (SSSR count). The summed E-state index contributed by atoms with van der Waals surface area (Å²) < 4.78 is 19.8. The molecule has 0 saturated heterocycles. The van der Waals surface area contributed by atoms with Gasteiger partial charge in [0.15, 0.2) is 0 Å². The molecule has 0 bridgehead atoms. The number of phosphoric ester groups is 1. The van der Waals surface area contributed by atoms with Crippen LogP contribution in [-0.4, -0.2) is 17.1 Å². The van der Waals surface area contributed by atoms with Gasteiger partial charge in [-0.15, -0.1) is 4.67 Å². The van der Waals surface area contributed by atoms with Crippen LogP contribution in [-0.2, 0) is 18.7 Å². The average Bonchev–Trinajstić information content (AvgIpc) is 1.78. The molecule has 0 aromatic heterocycles. The van der Waals surface area contributed by atoms with Gasteiger partial charge in [0.2, 0.25) is 0 Å². The van der Waals surface area contributed by atoms with E-state index in [1.54, 1.807) is 27.7 Å². The van der Waals surface area contributed by atoms with Gasteiger partial charge in [0.05, 0.1) is 12.2 Å². The Labute approximate surface area is 72.2 Å². The summed E-state index contributed by atoms with van der Waals surface area (Å²) in [6.45, 7) is 6.76. The maximum absolute atomic E-state index is 11.0. The minimum atomic E-state index is -4.05. The van der Waals surface area contributed by atoms with E-state index in [1.165, 1.54) is 0 Å². The van der Waals surface area contributed by atoms with Crippen LogP contribution in [0.5, 0.6) is 0 Å². The van der Waals surface area contributed by atoms with Crippen molar-refractivity contribution in [3.8, 4) is 0 Å². The molecule has 1 unspecified atom stereocenters. The Morgan fingerprint density at radius 1 is 1.42 bits per heavy atom. The van der Waals surface area contributed by atoms with Crippen LogP contribution >= 0.6 is 7.82 Å². The minimum absolute atomic E-state index is 0.193. The van der Waals surface area contributed by atoms with E-state index in [-0.39, 0.29) is 6.61 Å². The van der Waals surface area contributed by atoms with Crippen LogP contribution in [0.4, 0.5) is 0 Å². The molecule has 0 saturated carbocycles. The van der Waals surface area contributed by atoms with E-state index < -0.39 is 13.4 Å². The van der Waals surface area contributed by atoms with Gasteiger partial charge in [0.25, 0.3) is 0 Å². The van der Waals surface area contributed by atoms with Crippen molar-refractivity contribution in [3.63, 3.8) is 0 Å². The smallest absolute Gasteiger partial charge is 0.301 e. The van der Waals surface area contributed by atoms with Gasteiger partial charge < -0.3 is 4.89 Å². The highest BCUT2D eigenvalue weighted by atomic mass is 31.2. The second kappa shape index (κ2) is 4.35. The Balaban J connectivity index is 3.96. The standard InChI is InChI=1S/C6H15O5P/c1-5-9-11-12(7,8)10-6(2,3)4/h5H2,1-4H3,(H,7,8). The average molecular weight is 198 g/mol. The van der Waals surface area contributed by atoms with Gasteiger partial charge in [-0.05, 0) is 27.7 Å². The topological polar surface area (TPSA) is 65.0 Å². The molecule has 0 fully saturated rings. The fourth-order valence-corrected chi connectivity index (χ4v) is 1.44. The predicted molar refractivity (Wildman–Crippen MR) is 43.4 cm³/mol. The number of rotatable bonds is 4. The molecular formula is C6H15O5P. The lowest BCUT2D eigenvalue weighted by atomic mass is 10.2. The van der Waals surface area contributed by atoms with E-state index in [4.69, 9.17) is 9.42 Å². The van der Waals surface area contributed by atoms with Crippen molar-refractivity contribution in [1.82, 2.24) is 0 Å². The molecule has 74 valence electrons. The van der Waals surface area contributed by atoms with Gasteiger partial charge in [-0.1, -0.05) is 0 Å². The van der Waals surface area contributed by atoms with Crippen LogP contribution in [0.15, 0.2) is 0 Å². The molecule has 0 aliphatic heterocycles. The molecule has 12 heavy (non-hydrogen) atoms. The number of hydrogen-bond acceptors (Lipinski definition) is 4. The normalized spacial score (nSPS) is 17.4. The van der Waals surface area contributed by atoms with Crippen LogP contribution in [0.3, 0.4) is 0 Å². The molecule has 0 heterocycles. The molecule has 0 aromatic rings. The highest BCUT2D eigenvalue weighted by molar-refractivity contribution is 7.47. The summed E-state index contributed by atoms with van der Waals surface area (Å²) in [7, 11) is -4.05. The molecule has 0 spiro atoms. The van der Waals surface area contributed by atoms with Crippen LogP contribution in [0.1, 0.15) is 27.7 Å². The van der Waals surface area contributed by atoms with Crippen molar-refractivity contribution in [2.75, 3.05) is 6.61 Å². The van der Waals surface area contributed by atoms with Crippen molar-refractivity contribution < 1.29 is 23.5 Å². The maximum atomic E-state index is 11.0. The maximum Gasteiger partial charge on any atom is 0.500 e. The third-order valence-corrected chi connectivity index (χ3v) is 1.73. The Hall–Kier alpha value is 0.0700. The molecule has 1 N–H and O–H groups in total. The van der Waals surface area contributed by atoms with Gasteiger partial charge >= 0.3 is 7.82 Å². The summed E-state index contributed by atoms with van der Waals surface area (Å²) in [6.07, 6.45) is 0.